The Balaban J connectivity index is 1.81. The summed E-state index contributed by atoms with van der Waals surface area (Å²) in [4.78, 5) is 14.8. The van der Waals surface area contributed by atoms with Gasteiger partial charge in [-0.25, -0.2) is 0 Å². The van der Waals surface area contributed by atoms with E-state index in [0.717, 1.165) is 11.1 Å². The van der Waals surface area contributed by atoms with E-state index < -0.39 is 0 Å². The van der Waals surface area contributed by atoms with E-state index in [2.05, 4.69) is 29.1 Å². The van der Waals surface area contributed by atoms with Gasteiger partial charge in [-0.2, -0.15) is 10.2 Å². The third kappa shape index (κ3) is 4.11. The van der Waals surface area contributed by atoms with E-state index in [1.165, 1.54) is 0 Å². The lowest BCUT2D eigenvalue weighted by Gasteiger charge is -2.23. The summed E-state index contributed by atoms with van der Waals surface area (Å²) in [5, 5.41) is 20.6. The molecule has 7 heteroatoms. The fourth-order valence-electron chi connectivity index (χ4n) is 2.82. The zero-order chi connectivity index (χ0) is 18.7. The lowest BCUT2D eigenvalue weighted by atomic mass is 10.1. The number of hydrogen-bond acceptors (Lipinski definition) is 4. The van der Waals surface area contributed by atoms with Gasteiger partial charge in [0.25, 0.3) is 5.91 Å². The number of carbonyl (C=O) groups excluding carboxylic acids is 1. The molecule has 0 atom stereocenters. The predicted octanol–water partition coefficient (Wildman–Crippen LogP) is 2.81. The summed E-state index contributed by atoms with van der Waals surface area (Å²) >= 11 is 0. The van der Waals surface area contributed by atoms with E-state index in [1.807, 2.05) is 13.2 Å². The van der Waals surface area contributed by atoms with Crippen molar-refractivity contribution in [2.45, 2.75) is 20.4 Å². The average Bonchev–Trinajstić information content (AvgIpc) is 3.23. The topological polar surface area (TPSA) is 87.0 Å². The number of aromatic amines is 1. The van der Waals surface area contributed by atoms with Crippen LogP contribution in [-0.2, 0) is 13.6 Å². The van der Waals surface area contributed by atoms with Crippen LogP contribution < -0.4 is 0 Å². The number of aryl methyl sites for hydroxylation is 1. The van der Waals surface area contributed by atoms with Crippen LogP contribution in [0.2, 0.25) is 0 Å². The van der Waals surface area contributed by atoms with Gasteiger partial charge in [0.1, 0.15) is 11.4 Å². The minimum absolute atomic E-state index is 0.0971. The number of aromatic nitrogens is 4. The van der Waals surface area contributed by atoms with E-state index in [1.54, 1.807) is 46.1 Å². The molecule has 1 amide bonds. The fourth-order valence-corrected chi connectivity index (χ4v) is 2.82. The lowest BCUT2D eigenvalue weighted by Crippen LogP contribution is -2.33. The first-order chi connectivity index (χ1) is 12.4. The quantitative estimate of drug-likeness (QED) is 0.713. The van der Waals surface area contributed by atoms with Gasteiger partial charge in [0.05, 0.1) is 11.9 Å². The van der Waals surface area contributed by atoms with Crippen molar-refractivity contribution < 1.29 is 9.90 Å². The SMILES string of the molecule is CC(C)CN(Cc1cnn(C)c1)C(=O)c1cc(-c2ccc(O)cc2)n[nH]1. The highest BCUT2D eigenvalue weighted by molar-refractivity contribution is 5.93. The van der Waals surface area contributed by atoms with Gasteiger partial charge in [-0.3, -0.25) is 14.6 Å². The molecule has 0 aliphatic rings. The van der Waals surface area contributed by atoms with Crippen LogP contribution in [0.25, 0.3) is 11.3 Å². The van der Waals surface area contributed by atoms with Gasteiger partial charge in [-0.15, -0.1) is 0 Å². The Kier molecular flexibility index (Phi) is 5.06. The number of hydrogen-bond donors (Lipinski definition) is 2. The van der Waals surface area contributed by atoms with Gasteiger partial charge in [-0.1, -0.05) is 13.8 Å². The molecule has 0 aliphatic carbocycles. The van der Waals surface area contributed by atoms with Crippen LogP contribution in [0.4, 0.5) is 0 Å². The van der Waals surface area contributed by atoms with Crippen molar-refractivity contribution >= 4 is 5.91 Å². The van der Waals surface area contributed by atoms with Crippen molar-refractivity contribution in [3.63, 3.8) is 0 Å². The molecule has 3 aromatic rings. The molecule has 2 heterocycles. The minimum atomic E-state index is -0.0971. The van der Waals surface area contributed by atoms with Gasteiger partial charge in [0.2, 0.25) is 0 Å². The maximum absolute atomic E-state index is 13.0. The number of phenols is 1. The van der Waals surface area contributed by atoms with Crippen molar-refractivity contribution in [2.75, 3.05) is 6.54 Å². The Morgan fingerprint density at radius 2 is 2.04 bits per heavy atom. The van der Waals surface area contributed by atoms with Crippen molar-refractivity contribution in [1.29, 1.82) is 0 Å². The second-order valence-electron chi connectivity index (χ2n) is 6.82. The molecular weight excluding hydrogens is 330 g/mol. The zero-order valence-electron chi connectivity index (χ0n) is 15.2. The molecule has 2 N–H and O–H groups in total. The molecule has 3 rings (SSSR count). The number of H-pyrrole nitrogens is 1. The van der Waals surface area contributed by atoms with Crippen molar-refractivity contribution in [3.8, 4) is 17.0 Å². The van der Waals surface area contributed by atoms with Gasteiger partial charge in [0, 0.05) is 37.5 Å². The monoisotopic (exact) mass is 353 g/mol. The molecule has 0 spiro atoms. The molecule has 0 bridgehead atoms. The minimum Gasteiger partial charge on any atom is -0.508 e. The molecule has 2 aromatic heterocycles. The summed E-state index contributed by atoms with van der Waals surface area (Å²) < 4.78 is 1.73. The van der Waals surface area contributed by atoms with Crippen LogP contribution >= 0.6 is 0 Å². The molecule has 0 radical (unpaired) electrons. The number of carbonyl (C=O) groups is 1. The standard InChI is InChI=1S/C19H23N5O2/c1-13(2)10-24(12-14-9-20-23(3)11-14)19(26)18-8-17(21-22-18)15-4-6-16(25)7-5-15/h4-9,11,13,25H,10,12H2,1-3H3,(H,21,22). The molecule has 0 unspecified atom stereocenters. The van der Waals surface area contributed by atoms with Crippen LogP contribution in [0.1, 0.15) is 29.9 Å². The third-order valence-corrected chi connectivity index (χ3v) is 3.98. The number of amides is 1. The first-order valence-corrected chi connectivity index (χ1v) is 8.54. The molecule has 7 nitrogen and oxygen atoms in total. The molecule has 0 saturated heterocycles. The second-order valence-corrected chi connectivity index (χ2v) is 6.82. The van der Waals surface area contributed by atoms with Crippen molar-refractivity contribution in [3.05, 3.63) is 54.0 Å². The van der Waals surface area contributed by atoms with Gasteiger partial charge < -0.3 is 10.0 Å². The summed E-state index contributed by atoms with van der Waals surface area (Å²) in [5.74, 6) is 0.440. The van der Waals surface area contributed by atoms with E-state index in [-0.39, 0.29) is 11.7 Å². The first kappa shape index (κ1) is 17.7. The zero-order valence-corrected chi connectivity index (χ0v) is 15.2. The highest BCUT2D eigenvalue weighted by Gasteiger charge is 2.20. The van der Waals surface area contributed by atoms with Crippen LogP contribution in [0.3, 0.4) is 0 Å². The first-order valence-electron chi connectivity index (χ1n) is 8.54. The van der Waals surface area contributed by atoms with Gasteiger partial charge >= 0.3 is 0 Å². The number of aromatic hydroxyl groups is 1. The lowest BCUT2D eigenvalue weighted by molar-refractivity contribution is 0.0716. The van der Waals surface area contributed by atoms with Crippen LogP contribution in [-0.4, -0.2) is 42.4 Å². The Bertz CT molecular complexity index is 879. The highest BCUT2D eigenvalue weighted by Crippen LogP contribution is 2.21. The molecule has 1 aromatic carbocycles. The molecule has 0 aliphatic heterocycles. The Morgan fingerprint density at radius 1 is 1.31 bits per heavy atom. The van der Waals surface area contributed by atoms with Crippen molar-refractivity contribution in [1.82, 2.24) is 24.9 Å². The maximum Gasteiger partial charge on any atom is 0.272 e. The number of benzene rings is 1. The molecular formula is C19H23N5O2. The summed E-state index contributed by atoms with van der Waals surface area (Å²) in [6.45, 7) is 5.30. The van der Waals surface area contributed by atoms with Gasteiger partial charge in [-0.05, 0) is 36.2 Å². The smallest absolute Gasteiger partial charge is 0.272 e. The summed E-state index contributed by atoms with van der Waals surface area (Å²) in [7, 11) is 1.86. The average molecular weight is 353 g/mol. The third-order valence-electron chi connectivity index (χ3n) is 3.98. The molecule has 0 saturated carbocycles. The number of nitrogens with zero attached hydrogens (tertiary/aromatic N) is 4. The van der Waals surface area contributed by atoms with E-state index in [4.69, 9.17) is 0 Å². The highest BCUT2D eigenvalue weighted by atomic mass is 16.3. The number of rotatable bonds is 6. The predicted molar refractivity (Wildman–Crippen MR) is 98.5 cm³/mol. The Morgan fingerprint density at radius 3 is 2.65 bits per heavy atom. The van der Waals surface area contributed by atoms with Crippen LogP contribution in [0.5, 0.6) is 5.75 Å². The number of nitrogens with one attached hydrogen (secondary N) is 1. The van der Waals surface area contributed by atoms with Crippen LogP contribution in [0, 0.1) is 5.92 Å². The second kappa shape index (κ2) is 7.43. The normalized spacial score (nSPS) is 11.1. The molecule has 136 valence electrons. The van der Waals surface area contributed by atoms with E-state index >= 15 is 0 Å². The maximum atomic E-state index is 13.0. The Hall–Kier alpha value is -3.09. The number of phenolic OH excluding ortho intramolecular Hbond substituents is 1. The van der Waals surface area contributed by atoms with Crippen LogP contribution in [0.15, 0.2) is 42.7 Å². The largest absolute Gasteiger partial charge is 0.508 e. The summed E-state index contributed by atoms with van der Waals surface area (Å²) in [6.07, 6.45) is 3.69. The van der Waals surface area contributed by atoms with Crippen molar-refractivity contribution in [2.24, 2.45) is 13.0 Å². The summed E-state index contributed by atoms with van der Waals surface area (Å²) in [6, 6.07) is 8.46. The molecule has 0 fully saturated rings. The Labute approximate surface area is 152 Å². The fraction of sp³-hybridized carbons (Fsp3) is 0.316. The van der Waals surface area contributed by atoms with E-state index in [0.29, 0.717) is 30.4 Å². The summed E-state index contributed by atoms with van der Waals surface area (Å²) in [5.41, 5.74) is 2.93. The van der Waals surface area contributed by atoms with Gasteiger partial charge in [0.15, 0.2) is 0 Å². The molecule has 26 heavy (non-hydrogen) atoms. The van der Waals surface area contributed by atoms with E-state index in [9.17, 15) is 9.90 Å².